The number of morpholine rings is 1. The third-order valence-corrected chi connectivity index (χ3v) is 5.48. The maximum absolute atomic E-state index is 12.5. The third kappa shape index (κ3) is 3.90. The molecule has 1 aliphatic rings. The molecule has 3 rings (SSSR count). The summed E-state index contributed by atoms with van der Waals surface area (Å²) in [5, 5.41) is 13.4. The Hall–Kier alpha value is -2.63. The maximum Gasteiger partial charge on any atom is 0.305 e. The molecule has 2 aromatic rings. The number of rotatable bonds is 5. The molecule has 0 saturated carbocycles. The van der Waals surface area contributed by atoms with Crippen molar-refractivity contribution in [3.8, 4) is 0 Å². The molecule has 0 spiro atoms. The van der Waals surface area contributed by atoms with E-state index >= 15 is 0 Å². The van der Waals surface area contributed by atoms with Gasteiger partial charge in [-0.25, -0.2) is 18.4 Å². The van der Waals surface area contributed by atoms with E-state index in [9.17, 15) is 18.5 Å². The standard InChI is InChI=1S/C14H15N5O5S/c20-19(21)12-9-15-14(16-10-12)17-11-1-3-13(4-2-11)25(22,23)18-5-7-24-8-6-18/h1-4,9-10H,5-8H2,(H,15,16,17). The van der Waals surface area contributed by atoms with Crippen molar-refractivity contribution < 1.29 is 18.1 Å². The van der Waals surface area contributed by atoms with Crippen molar-refractivity contribution in [2.24, 2.45) is 0 Å². The Morgan fingerprint density at radius 3 is 2.28 bits per heavy atom. The number of ether oxygens (including phenoxy) is 1. The monoisotopic (exact) mass is 365 g/mol. The van der Waals surface area contributed by atoms with Gasteiger partial charge in [0.05, 0.1) is 23.0 Å². The molecule has 0 radical (unpaired) electrons. The van der Waals surface area contributed by atoms with E-state index in [1.165, 1.54) is 16.4 Å². The van der Waals surface area contributed by atoms with Crippen molar-refractivity contribution in [3.05, 3.63) is 46.8 Å². The SMILES string of the molecule is O=[N+]([O-])c1cnc(Nc2ccc(S(=O)(=O)N3CCOCC3)cc2)nc1. The molecule has 0 amide bonds. The summed E-state index contributed by atoms with van der Waals surface area (Å²) in [5.41, 5.74) is 0.354. The highest BCUT2D eigenvalue weighted by Gasteiger charge is 2.26. The van der Waals surface area contributed by atoms with Crippen molar-refractivity contribution in [1.29, 1.82) is 0 Å². The summed E-state index contributed by atoms with van der Waals surface area (Å²) in [7, 11) is -3.55. The summed E-state index contributed by atoms with van der Waals surface area (Å²) in [6, 6.07) is 6.13. The second-order valence-electron chi connectivity index (χ2n) is 5.19. The molecule has 1 fully saturated rings. The molecule has 1 aromatic carbocycles. The number of sulfonamides is 1. The van der Waals surface area contributed by atoms with E-state index in [1.54, 1.807) is 12.1 Å². The first-order valence-electron chi connectivity index (χ1n) is 7.38. The lowest BCUT2D eigenvalue weighted by Crippen LogP contribution is -2.40. The van der Waals surface area contributed by atoms with Gasteiger partial charge in [-0.1, -0.05) is 0 Å². The molecule has 2 heterocycles. The number of nitrogens with one attached hydrogen (secondary N) is 1. The summed E-state index contributed by atoms with van der Waals surface area (Å²) in [6.07, 6.45) is 2.18. The lowest BCUT2D eigenvalue weighted by atomic mass is 10.3. The Balaban J connectivity index is 1.72. The molecule has 132 valence electrons. The number of nitrogens with zero attached hydrogens (tertiary/aromatic N) is 4. The molecule has 1 aromatic heterocycles. The van der Waals surface area contributed by atoms with Gasteiger partial charge in [-0.2, -0.15) is 4.31 Å². The lowest BCUT2D eigenvalue weighted by Gasteiger charge is -2.26. The predicted molar refractivity (Wildman–Crippen MR) is 88.0 cm³/mol. The van der Waals surface area contributed by atoms with Crippen LogP contribution in [-0.4, -0.2) is 53.9 Å². The first-order valence-corrected chi connectivity index (χ1v) is 8.82. The van der Waals surface area contributed by atoms with Gasteiger partial charge in [-0.05, 0) is 24.3 Å². The van der Waals surface area contributed by atoms with E-state index in [-0.39, 0.29) is 16.5 Å². The van der Waals surface area contributed by atoms with Gasteiger partial charge in [-0.3, -0.25) is 10.1 Å². The van der Waals surface area contributed by atoms with Gasteiger partial charge < -0.3 is 10.1 Å². The van der Waals surface area contributed by atoms with Gasteiger partial charge in [0.1, 0.15) is 12.4 Å². The molecule has 1 saturated heterocycles. The largest absolute Gasteiger partial charge is 0.379 e. The van der Waals surface area contributed by atoms with Crippen LogP contribution < -0.4 is 5.32 Å². The van der Waals surface area contributed by atoms with E-state index in [0.717, 1.165) is 12.4 Å². The fourth-order valence-electron chi connectivity index (χ4n) is 2.26. The average molecular weight is 365 g/mol. The molecule has 10 nitrogen and oxygen atoms in total. The maximum atomic E-state index is 12.5. The molecular weight excluding hydrogens is 350 g/mol. The number of benzene rings is 1. The average Bonchev–Trinajstić information content (AvgIpc) is 2.63. The van der Waals surface area contributed by atoms with Crippen LogP contribution in [0.25, 0.3) is 0 Å². The summed E-state index contributed by atoms with van der Waals surface area (Å²) in [6.45, 7) is 1.44. The first-order chi connectivity index (χ1) is 12.0. The third-order valence-electron chi connectivity index (χ3n) is 3.57. The van der Waals surface area contributed by atoms with Gasteiger partial charge >= 0.3 is 5.69 Å². The van der Waals surface area contributed by atoms with E-state index in [1.807, 2.05) is 0 Å². The fraction of sp³-hybridized carbons (Fsp3) is 0.286. The van der Waals surface area contributed by atoms with Crippen molar-refractivity contribution >= 4 is 27.3 Å². The minimum atomic E-state index is -3.55. The van der Waals surface area contributed by atoms with Crippen LogP contribution in [0.4, 0.5) is 17.3 Å². The number of anilines is 2. The molecule has 25 heavy (non-hydrogen) atoms. The van der Waals surface area contributed by atoms with Crippen molar-refractivity contribution in [2.75, 3.05) is 31.6 Å². The van der Waals surface area contributed by atoms with E-state index in [0.29, 0.717) is 32.0 Å². The summed E-state index contributed by atoms with van der Waals surface area (Å²) < 4.78 is 31.6. The summed E-state index contributed by atoms with van der Waals surface area (Å²) in [4.78, 5) is 17.8. The van der Waals surface area contributed by atoms with Crippen LogP contribution in [0.1, 0.15) is 0 Å². The molecular formula is C14H15N5O5S. The van der Waals surface area contributed by atoms with Crippen LogP contribution in [0, 0.1) is 10.1 Å². The van der Waals surface area contributed by atoms with Crippen molar-refractivity contribution in [3.63, 3.8) is 0 Å². The summed E-state index contributed by atoms with van der Waals surface area (Å²) >= 11 is 0. The van der Waals surface area contributed by atoms with Crippen LogP contribution in [-0.2, 0) is 14.8 Å². The second-order valence-corrected chi connectivity index (χ2v) is 7.13. The Morgan fingerprint density at radius 2 is 1.72 bits per heavy atom. The number of hydrogen-bond donors (Lipinski definition) is 1. The zero-order valence-corrected chi connectivity index (χ0v) is 13.8. The smallest absolute Gasteiger partial charge is 0.305 e. The van der Waals surface area contributed by atoms with E-state index in [2.05, 4.69) is 15.3 Å². The Morgan fingerprint density at radius 1 is 1.12 bits per heavy atom. The van der Waals surface area contributed by atoms with Crippen LogP contribution in [0.3, 0.4) is 0 Å². The molecule has 1 N–H and O–H groups in total. The molecule has 0 atom stereocenters. The minimum Gasteiger partial charge on any atom is -0.379 e. The first kappa shape index (κ1) is 17.2. The topological polar surface area (TPSA) is 128 Å². The van der Waals surface area contributed by atoms with E-state index < -0.39 is 14.9 Å². The van der Waals surface area contributed by atoms with Crippen LogP contribution in [0.2, 0.25) is 0 Å². The quantitative estimate of drug-likeness (QED) is 0.617. The van der Waals surface area contributed by atoms with Crippen molar-refractivity contribution in [1.82, 2.24) is 14.3 Å². The van der Waals surface area contributed by atoms with Crippen LogP contribution in [0.15, 0.2) is 41.6 Å². The van der Waals surface area contributed by atoms with Gasteiger partial charge in [0.15, 0.2) is 0 Å². The van der Waals surface area contributed by atoms with Gasteiger partial charge in [0, 0.05) is 18.8 Å². The van der Waals surface area contributed by atoms with Gasteiger partial charge in [0.25, 0.3) is 0 Å². The molecule has 0 aliphatic carbocycles. The fourth-order valence-corrected chi connectivity index (χ4v) is 3.66. The van der Waals surface area contributed by atoms with Crippen LogP contribution >= 0.6 is 0 Å². The highest BCUT2D eigenvalue weighted by atomic mass is 32.2. The number of aromatic nitrogens is 2. The second kappa shape index (κ2) is 7.09. The van der Waals surface area contributed by atoms with Gasteiger partial charge in [0.2, 0.25) is 16.0 Å². The van der Waals surface area contributed by atoms with Crippen LogP contribution in [0.5, 0.6) is 0 Å². The molecule has 0 bridgehead atoms. The van der Waals surface area contributed by atoms with Gasteiger partial charge in [-0.15, -0.1) is 0 Å². The Labute approximate surface area is 143 Å². The lowest BCUT2D eigenvalue weighted by molar-refractivity contribution is -0.385. The molecule has 11 heteroatoms. The predicted octanol–water partition coefficient (Wildman–Crippen LogP) is 1.15. The Kier molecular flexibility index (Phi) is 4.88. The minimum absolute atomic E-state index is 0.175. The van der Waals surface area contributed by atoms with Crippen molar-refractivity contribution in [2.45, 2.75) is 4.90 Å². The normalized spacial score (nSPS) is 15.7. The highest BCUT2D eigenvalue weighted by Crippen LogP contribution is 2.21. The number of hydrogen-bond acceptors (Lipinski definition) is 8. The number of nitro groups is 1. The molecule has 0 unspecified atom stereocenters. The zero-order chi connectivity index (χ0) is 17.9. The Bertz CT molecular complexity index is 848. The highest BCUT2D eigenvalue weighted by molar-refractivity contribution is 7.89. The molecule has 1 aliphatic heterocycles. The van der Waals surface area contributed by atoms with E-state index in [4.69, 9.17) is 4.74 Å². The zero-order valence-electron chi connectivity index (χ0n) is 13.0. The summed E-state index contributed by atoms with van der Waals surface area (Å²) in [5.74, 6) is 0.175.